The molecule has 3 N–H and O–H groups in total. The highest BCUT2D eigenvalue weighted by molar-refractivity contribution is 5.86. The number of carbonyl (C=O) groups excluding carboxylic acids is 2. The van der Waals surface area contributed by atoms with Crippen LogP contribution in [0.25, 0.3) is 0 Å². The van der Waals surface area contributed by atoms with E-state index in [1.54, 1.807) is 7.05 Å². The molecule has 18 heavy (non-hydrogen) atoms. The van der Waals surface area contributed by atoms with Gasteiger partial charge in [0.15, 0.2) is 0 Å². The van der Waals surface area contributed by atoms with E-state index in [9.17, 15) is 14.4 Å². The van der Waals surface area contributed by atoms with Crippen molar-refractivity contribution in [2.75, 3.05) is 20.1 Å². The third-order valence-corrected chi connectivity index (χ3v) is 2.48. The van der Waals surface area contributed by atoms with Gasteiger partial charge in [-0.05, 0) is 13.3 Å². The van der Waals surface area contributed by atoms with E-state index in [2.05, 4.69) is 10.6 Å². The van der Waals surface area contributed by atoms with E-state index in [1.807, 2.05) is 13.8 Å². The van der Waals surface area contributed by atoms with Crippen molar-refractivity contribution in [3.05, 3.63) is 0 Å². The molecule has 7 heteroatoms. The van der Waals surface area contributed by atoms with Gasteiger partial charge in [-0.15, -0.1) is 0 Å². The maximum atomic E-state index is 11.4. The molecule has 1 unspecified atom stereocenters. The molecule has 1 atom stereocenters. The number of rotatable bonds is 7. The summed E-state index contributed by atoms with van der Waals surface area (Å²) in [6.45, 7) is 4.05. The Bertz CT molecular complexity index is 307. The number of amides is 3. The van der Waals surface area contributed by atoms with Crippen LogP contribution in [-0.2, 0) is 9.59 Å². The third kappa shape index (κ3) is 6.07. The second-order valence-electron chi connectivity index (χ2n) is 3.91. The minimum atomic E-state index is -1.08. The first-order valence-electron chi connectivity index (χ1n) is 5.93. The first kappa shape index (κ1) is 16.2. The minimum Gasteiger partial charge on any atom is -0.480 e. The number of aliphatic carboxylic acids is 1. The summed E-state index contributed by atoms with van der Waals surface area (Å²) >= 11 is 0. The summed E-state index contributed by atoms with van der Waals surface area (Å²) in [4.78, 5) is 35.0. The fourth-order valence-electron chi connectivity index (χ4n) is 1.22. The molecule has 0 saturated heterocycles. The predicted molar refractivity (Wildman–Crippen MR) is 66.2 cm³/mol. The SMILES string of the molecule is CCCC(NC(=O)NCC(=O)N(C)CC)C(=O)O. The first-order valence-corrected chi connectivity index (χ1v) is 5.93. The van der Waals surface area contributed by atoms with Gasteiger partial charge in [0, 0.05) is 13.6 Å². The molecule has 0 heterocycles. The Kier molecular flexibility index (Phi) is 7.50. The summed E-state index contributed by atoms with van der Waals surface area (Å²) in [7, 11) is 1.62. The largest absolute Gasteiger partial charge is 0.480 e. The lowest BCUT2D eigenvalue weighted by Gasteiger charge is -2.17. The molecule has 0 radical (unpaired) electrons. The lowest BCUT2D eigenvalue weighted by Crippen LogP contribution is -2.48. The summed E-state index contributed by atoms with van der Waals surface area (Å²) in [5.74, 6) is -1.31. The Balaban J connectivity index is 4.10. The van der Waals surface area contributed by atoms with Gasteiger partial charge >= 0.3 is 12.0 Å². The summed E-state index contributed by atoms with van der Waals surface area (Å²) in [6, 6.07) is -1.57. The van der Waals surface area contributed by atoms with Crippen LogP contribution >= 0.6 is 0 Å². The molecule has 0 aromatic rings. The fraction of sp³-hybridized carbons (Fsp3) is 0.727. The van der Waals surface area contributed by atoms with E-state index in [4.69, 9.17) is 5.11 Å². The number of hydrogen-bond acceptors (Lipinski definition) is 3. The van der Waals surface area contributed by atoms with Crippen molar-refractivity contribution in [3.63, 3.8) is 0 Å². The summed E-state index contributed by atoms with van der Waals surface area (Å²) < 4.78 is 0. The molecule has 0 rings (SSSR count). The van der Waals surface area contributed by atoms with Gasteiger partial charge in [-0.3, -0.25) is 4.79 Å². The van der Waals surface area contributed by atoms with Crippen molar-refractivity contribution in [3.8, 4) is 0 Å². The van der Waals surface area contributed by atoms with E-state index in [-0.39, 0.29) is 12.5 Å². The van der Waals surface area contributed by atoms with E-state index in [0.717, 1.165) is 0 Å². The Morgan fingerprint density at radius 1 is 1.28 bits per heavy atom. The van der Waals surface area contributed by atoms with Crippen LogP contribution in [0.3, 0.4) is 0 Å². The van der Waals surface area contributed by atoms with Crippen molar-refractivity contribution in [1.29, 1.82) is 0 Å². The van der Waals surface area contributed by atoms with Gasteiger partial charge in [0.2, 0.25) is 5.91 Å². The Morgan fingerprint density at radius 3 is 2.33 bits per heavy atom. The van der Waals surface area contributed by atoms with Crippen LogP contribution in [-0.4, -0.2) is 54.1 Å². The average molecular weight is 259 g/mol. The third-order valence-electron chi connectivity index (χ3n) is 2.48. The zero-order chi connectivity index (χ0) is 14.1. The first-order chi connectivity index (χ1) is 8.42. The maximum absolute atomic E-state index is 11.4. The van der Waals surface area contributed by atoms with Gasteiger partial charge in [0.05, 0.1) is 6.54 Å². The lowest BCUT2D eigenvalue weighted by molar-refractivity contribution is -0.139. The topological polar surface area (TPSA) is 98.7 Å². The molecule has 0 saturated carbocycles. The molecule has 0 aromatic heterocycles. The Hall–Kier alpha value is -1.79. The number of likely N-dealkylation sites (N-methyl/N-ethyl adjacent to an activating group) is 1. The van der Waals surface area contributed by atoms with Crippen molar-refractivity contribution in [1.82, 2.24) is 15.5 Å². The molecule has 0 aliphatic rings. The predicted octanol–water partition coefficient (Wildman–Crippen LogP) is 0.0172. The molecule has 104 valence electrons. The van der Waals surface area contributed by atoms with Crippen molar-refractivity contribution in [2.45, 2.75) is 32.7 Å². The standard InChI is InChI=1S/C11H21N3O4/c1-4-6-8(10(16)17)13-11(18)12-7-9(15)14(3)5-2/h8H,4-7H2,1-3H3,(H,16,17)(H2,12,13,18). The van der Waals surface area contributed by atoms with Gasteiger partial charge in [-0.25, -0.2) is 9.59 Å². The highest BCUT2D eigenvalue weighted by Gasteiger charge is 2.19. The average Bonchev–Trinajstić information content (AvgIpc) is 2.34. The van der Waals surface area contributed by atoms with Crippen LogP contribution in [0.1, 0.15) is 26.7 Å². The number of hydrogen-bond donors (Lipinski definition) is 3. The maximum Gasteiger partial charge on any atom is 0.326 e. The molecular weight excluding hydrogens is 238 g/mol. The monoisotopic (exact) mass is 259 g/mol. The normalized spacial score (nSPS) is 11.5. The van der Waals surface area contributed by atoms with Crippen molar-refractivity contribution < 1.29 is 19.5 Å². The molecule has 0 aliphatic carbocycles. The molecule has 7 nitrogen and oxygen atoms in total. The Labute approximate surface area is 107 Å². The molecule has 3 amide bonds. The van der Waals surface area contributed by atoms with Gasteiger partial charge in [-0.1, -0.05) is 13.3 Å². The summed E-state index contributed by atoms with van der Waals surface area (Å²) in [5.41, 5.74) is 0. The summed E-state index contributed by atoms with van der Waals surface area (Å²) in [6.07, 6.45) is 1.00. The molecule has 0 bridgehead atoms. The Morgan fingerprint density at radius 2 is 1.89 bits per heavy atom. The van der Waals surface area contributed by atoms with Crippen LogP contribution < -0.4 is 10.6 Å². The zero-order valence-corrected chi connectivity index (χ0v) is 11.0. The second-order valence-corrected chi connectivity index (χ2v) is 3.91. The van der Waals surface area contributed by atoms with E-state index >= 15 is 0 Å². The number of carboxylic acid groups (broad SMARTS) is 1. The van der Waals surface area contributed by atoms with Gasteiger partial charge in [0.1, 0.15) is 6.04 Å². The zero-order valence-electron chi connectivity index (χ0n) is 11.0. The van der Waals surface area contributed by atoms with E-state index in [0.29, 0.717) is 19.4 Å². The minimum absolute atomic E-state index is 0.144. The van der Waals surface area contributed by atoms with E-state index in [1.165, 1.54) is 4.90 Å². The number of urea groups is 1. The number of carbonyl (C=O) groups is 3. The molecular formula is C11H21N3O4. The van der Waals surface area contributed by atoms with Gasteiger partial charge in [-0.2, -0.15) is 0 Å². The van der Waals surface area contributed by atoms with Gasteiger partial charge in [0.25, 0.3) is 0 Å². The highest BCUT2D eigenvalue weighted by Crippen LogP contribution is 1.96. The van der Waals surface area contributed by atoms with E-state index < -0.39 is 18.0 Å². The van der Waals surface area contributed by atoms with Crippen molar-refractivity contribution in [2.24, 2.45) is 0 Å². The number of nitrogens with zero attached hydrogens (tertiary/aromatic N) is 1. The lowest BCUT2D eigenvalue weighted by atomic mass is 10.2. The van der Waals surface area contributed by atoms with Gasteiger partial charge < -0.3 is 20.6 Å². The quantitative estimate of drug-likeness (QED) is 0.600. The fourth-order valence-corrected chi connectivity index (χ4v) is 1.22. The molecule has 0 aliphatic heterocycles. The molecule has 0 spiro atoms. The van der Waals surface area contributed by atoms with Crippen molar-refractivity contribution >= 4 is 17.9 Å². The van der Waals surface area contributed by atoms with Crippen LogP contribution in [0.5, 0.6) is 0 Å². The number of nitrogens with one attached hydrogen (secondary N) is 2. The summed E-state index contributed by atoms with van der Waals surface area (Å²) in [5, 5.41) is 13.5. The van der Waals surface area contributed by atoms with Crippen LogP contribution in [0.2, 0.25) is 0 Å². The smallest absolute Gasteiger partial charge is 0.326 e. The second kappa shape index (κ2) is 8.32. The number of carboxylic acids is 1. The molecule has 0 aromatic carbocycles. The van der Waals surface area contributed by atoms with Crippen LogP contribution in [0.15, 0.2) is 0 Å². The van der Waals surface area contributed by atoms with Crippen LogP contribution in [0, 0.1) is 0 Å². The molecule has 0 fully saturated rings. The van der Waals surface area contributed by atoms with Crippen LogP contribution in [0.4, 0.5) is 4.79 Å². The highest BCUT2D eigenvalue weighted by atomic mass is 16.4.